The summed E-state index contributed by atoms with van der Waals surface area (Å²) >= 11 is 0. The van der Waals surface area contributed by atoms with Crippen LogP contribution in [0.1, 0.15) is 37.1 Å². The Morgan fingerprint density at radius 3 is 2.44 bits per heavy atom. The molecule has 138 valence electrons. The third-order valence-electron chi connectivity index (χ3n) is 5.90. The third-order valence-corrected chi connectivity index (χ3v) is 5.90. The molecule has 2 heterocycles. The van der Waals surface area contributed by atoms with E-state index in [1.165, 1.54) is 25.7 Å². The minimum absolute atomic E-state index is 0.878. The lowest BCUT2D eigenvalue weighted by atomic mass is 9.98. The van der Waals surface area contributed by atoms with E-state index >= 15 is 0 Å². The monoisotopic (exact) mass is 345 g/mol. The number of nitrogens with one attached hydrogen (secondary N) is 1. The van der Waals surface area contributed by atoms with Crippen LogP contribution in [0.4, 0.5) is 0 Å². The number of hydrogen-bond acceptors (Lipinski definition) is 4. The van der Waals surface area contributed by atoms with Crippen molar-refractivity contribution in [3.05, 3.63) is 17.5 Å². The summed E-state index contributed by atoms with van der Waals surface area (Å²) in [6.07, 6.45) is 5.78. The van der Waals surface area contributed by atoms with Crippen molar-refractivity contribution < 1.29 is 4.52 Å². The molecule has 2 saturated carbocycles. The number of aliphatic imine (C=N–C) groups is 1. The van der Waals surface area contributed by atoms with Crippen LogP contribution in [0.25, 0.3) is 0 Å². The molecule has 0 atom stereocenters. The highest BCUT2D eigenvalue weighted by atomic mass is 16.5. The molecule has 0 unspecified atom stereocenters. The minimum atomic E-state index is 0.878. The van der Waals surface area contributed by atoms with Crippen LogP contribution in [0.15, 0.2) is 15.6 Å². The zero-order valence-electron chi connectivity index (χ0n) is 15.6. The van der Waals surface area contributed by atoms with Gasteiger partial charge in [0.1, 0.15) is 5.76 Å². The zero-order valence-corrected chi connectivity index (χ0v) is 15.6. The molecule has 1 aliphatic heterocycles. The van der Waals surface area contributed by atoms with E-state index in [1.807, 2.05) is 20.0 Å². The number of hydrogen-bond donors (Lipinski definition) is 1. The van der Waals surface area contributed by atoms with E-state index in [-0.39, 0.29) is 0 Å². The molecule has 0 amide bonds. The number of piperazine rings is 1. The smallest absolute Gasteiger partial charge is 0.193 e. The van der Waals surface area contributed by atoms with Gasteiger partial charge in [0.25, 0.3) is 0 Å². The van der Waals surface area contributed by atoms with Gasteiger partial charge in [0.15, 0.2) is 5.96 Å². The highest BCUT2D eigenvalue weighted by Crippen LogP contribution is 2.48. The predicted molar refractivity (Wildman–Crippen MR) is 98.4 cm³/mol. The maximum atomic E-state index is 5.17. The van der Waals surface area contributed by atoms with Crippen molar-refractivity contribution in [1.29, 1.82) is 0 Å². The highest BCUT2D eigenvalue weighted by Gasteiger charge is 2.41. The Bertz CT molecular complexity index is 585. The largest absolute Gasteiger partial charge is 0.361 e. The maximum Gasteiger partial charge on any atom is 0.193 e. The quantitative estimate of drug-likeness (QED) is 0.632. The molecule has 6 nitrogen and oxygen atoms in total. The maximum absolute atomic E-state index is 5.17. The van der Waals surface area contributed by atoms with Crippen LogP contribution in [-0.4, -0.2) is 60.7 Å². The van der Waals surface area contributed by atoms with Crippen LogP contribution in [0.3, 0.4) is 0 Å². The first-order valence-electron chi connectivity index (χ1n) is 9.83. The molecule has 0 radical (unpaired) electrons. The van der Waals surface area contributed by atoms with E-state index in [4.69, 9.17) is 4.52 Å². The summed E-state index contributed by atoms with van der Waals surface area (Å²) in [6.45, 7) is 8.06. The minimum Gasteiger partial charge on any atom is -0.361 e. The Morgan fingerprint density at radius 1 is 1.24 bits per heavy atom. The van der Waals surface area contributed by atoms with Crippen molar-refractivity contribution in [3.8, 4) is 0 Å². The summed E-state index contributed by atoms with van der Waals surface area (Å²) in [5, 5.41) is 7.79. The molecule has 3 fully saturated rings. The van der Waals surface area contributed by atoms with Crippen LogP contribution in [-0.2, 0) is 6.54 Å². The average Bonchev–Trinajstić information content (AvgIpc) is 3.53. The van der Waals surface area contributed by atoms with Gasteiger partial charge in [-0.25, -0.2) is 0 Å². The second-order valence-electron chi connectivity index (χ2n) is 7.96. The summed E-state index contributed by atoms with van der Waals surface area (Å²) in [7, 11) is 1.91. The molecule has 2 aliphatic carbocycles. The van der Waals surface area contributed by atoms with Gasteiger partial charge in [0, 0.05) is 52.4 Å². The fraction of sp³-hybridized carbons (Fsp3) is 0.789. The van der Waals surface area contributed by atoms with Crippen LogP contribution < -0.4 is 5.32 Å². The van der Waals surface area contributed by atoms with E-state index in [0.29, 0.717) is 0 Å². The molecule has 1 aromatic rings. The number of guanidine groups is 1. The van der Waals surface area contributed by atoms with Crippen LogP contribution >= 0.6 is 0 Å². The molecule has 0 spiro atoms. The summed E-state index contributed by atoms with van der Waals surface area (Å²) in [5.74, 6) is 4.83. The first-order chi connectivity index (χ1) is 12.2. The number of nitrogens with zero attached hydrogens (tertiary/aromatic N) is 4. The van der Waals surface area contributed by atoms with E-state index in [9.17, 15) is 0 Å². The normalized spacial score (nSPS) is 22.7. The topological polar surface area (TPSA) is 56.9 Å². The Morgan fingerprint density at radius 2 is 1.92 bits per heavy atom. The summed E-state index contributed by atoms with van der Waals surface area (Å²) in [4.78, 5) is 9.39. The number of aryl methyl sites for hydroxylation is 1. The first kappa shape index (κ1) is 16.9. The van der Waals surface area contributed by atoms with Gasteiger partial charge < -0.3 is 14.7 Å². The molecule has 1 saturated heterocycles. The number of aromatic nitrogens is 1. The van der Waals surface area contributed by atoms with Gasteiger partial charge in [-0.2, -0.15) is 0 Å². The van der Waals surface area contributed by atoms with Gasteiger partial charge in [-0.15, -0.1) is 0 Å². The van der Waals surface area contributed by atoms with Crippen LogP contribution in [0, 0.1) is 24.7 Å². The van der Waals surface area contributed by atoms with Gasteiger partial charge in [0.2, 0.25) is 0 Å². The van der Waals surface area contributed by atoms with E-state index in [0.717, 1.165) is 74.4 Å². The van der Waals surface area contributed by atoms with Crippen LogP contribution in [0.2, 0.25) is 0 Å². The molecule has 6 heteroatoms. The Balaban J connectivity index is 1.24. The van der Waals surface area contributed by atoms with Crippen molar-refractivity contribution in [1.82, 2.24) is 20.3 Å². The average molecular weight is 345 g/mol. The molecule has 4 rings (SSSR count). The van der Waals surface area contributed by atoms with Gasteiger partial charge in [0.05, 0.1) is 5.69 Å². The van der Waals surface area contributed by atoms with E-state index in [2.05, 4.69) is 25.3 Å². The predicted octanol–water partition coefficient (Wildman–Crippen LogP) is 2.11. The third kappa shape index (κ3) is 4.35. The lowest BCUT2D eigenvalue weighted by Gasteiger charge is -2.36. The van der Waals surface area contributed by atoms with Gasteiger partial charge in [-0.3, -0.25) is 9.89 Å². The molecule has 1 N–H and O–H groups in total. The highest BCUT2D eigenvalue weighted by molar-refractivity contribution is 5.80. The van der Waals surface area contributed by atoms with E-state index in [1.54, 1.807) is 0 Å². The van der Waals surface area contributed by atoms with Crippen molar-refractivity contribution in [2.75, 3.05) is 39.8 Å². The SMILES string of the molecule is CN=C(NCC(C1CC1)C1CC1)N1CCN(Cc2cc(C)on2)CC1. The second kappa shape index (κ2) is 7.36. The molecule has 1 aromatic heterocycles. The van der Waals surface area contributed by atoms with Gasteiger partial charge >= 0.3 is 0 Å². The van der Waals surface area contributed by atoms with Gasteiger partial charge in [-0.05, 0) is 50.4 Å². The molecule has 0 bridgehead atoms. The lowest BCUT2D eigenvalue weighted by molar-refractivity contribution is 0.168. The second-order valence-corrected chi connectivity index (χ2v) is 7.96. The molecule has 3 aliphatic rings. The van der Waals surface area contributed by atoms with Crippen molar-refractivity contribution in [3.63, 3.8) is 0 Å². The Labute approximate surface area is 150 Å². The molecular formula is C19H31N5O. The van der Waals surface area contributed by atoms with Gasteiger partial charge in [-0.1, -0.05) is 5.16 Å². The lowest BCUT2D eigenvalue weighted by Crippen LogP contribution is -2.52. The van der Waals surface area contributed by atoms with Crippen molar-refractivity contribution >= 4 is 5.96 Å². The Kier molecular flexibility index (Phi) is 4.97. The zero-order chi connectivity index (χ0) is 17.2. The first-order valence-corrected chi connectivity index (χ1v) is 9.83. The molecule has 25 heavy (non-hydrogen) atoms. The fourth-order valence-corrected chi connectivity index (χ4v) is 4.15. The number of rotatable bonds is 6. The summed E-state index contributed by atoms with van der Waals surface area (Å²) < 4.78 is 5.17. The van der Waals surface area contributed by atoms with Crippen molar-refractivity contribution in [2.45, 2.75) is 39.2 Å². The fourth-order valence-electron chi connectivity index (χ4n) is 4.15. The summed E-state index contributed by atoms with van der Waals surface area (Å²) in [5.41, 5.74) is 1.03. The standard InChI is InChI=1S/C19H31N5O/c1-14-11-17(22-25-14)13-23-7-9-24(10-8-23)19(20-2)21-12-18(15-3-4-15)16-5-6-16/h11,15-16,18H,3-10,12-13H2,1-2H3,(H,20,21). The van der Waals surface area contributed by atoms with Crippen LogP contribution in [0.5, 0.6) is 0 Å². The molecular weight excluding hydrogens is 314 g/mol. The Hall–Kier alpha value is -1.56. The summed E-state index contributed by atoms with van der Waals surface area (Å²) in [6, 6.07) is 2.03. The van der Waals surface area contributed by atoms with Crippen molar-refractivity contribution in [2.24, 2.45) is 22.7 Å². The van der Waals surface area contributed by atoms with E-state index < -0.39 is 0 Å². The molecule has 0 aromatic carbocycles.